The Labute approximate surface area is 101 Å². The highest BCUT2D eigenvalue weighted by molar-refractivity contribution is 5.61. The van der Waals surface area contributed by atoms with Gasteiger partial charge in [0.1, 0.15) is 18.0 Å². The maximum absolute atomic E-state index is 4.20. The largest absolute Gasteiger partial charge is 0.370 e. The molecule has 0 aliphatic carbocycles. The second kappa shape index (κ2) is 5.30. The van der Waals surface area contributed by atoms with E-state index in [1.54, 1.807) is 6.33 Å². The first-order valence-electron chi connectivity index (χ1n) is 5.68. The summed E-state index contributed by atoms with van der Waals surface area (Å²) in [4.78, 5) is 8.33. The van der Waals surface area contributed by atoms with Gasteiger partial charge in [-0.3, -0.25) is 0 Å². The number of benzene rings is 1. The lowest BCUT2D eigenvalue weighted by Crippen LogP contribution is -2.02. The van der Waals surface area contributed by atoms with Crippen molar-refractivity contribution in [3.05, 3.63) is 42.2 Å². The third-order valence-electron chi connectivity index (χ3n) is 2.43. The third-order valence-corrected chi connectivity index (χ3v) is 2.43. The monoisotopic (exact) mass is 228 g/mol. The van der Waals surface area contributed by atoms with Crippen LogP contribution in [0.5, 0.6) is 0 Å². The van der Waals surface area contributed by atoms with E-state index in [1.807, 2.05) is 31.2 Å². The fourth-order valence-corrected chi connectivity index (χ4v) is 1.55. The molecule has 2 rings (SSSR count). The van der Waals surface area contributed by atoms with Gasteiger partial charge in [-0.2, -0.15) is 0 Å². The van der Waals surface area contributed by atoms with Crippen LogP contribution in [0.15, 0.2) is 36.7 Å². The molecule has 0 bridgehead atoms. The highest BCUT2D eigenvalue weighted by Crippen LogP contribution is 2.19. The van der Waals surface area contributed by atoms with Crippen molar-refractivity contribution in [3.8, 4) is 0 Å². The Hall–Kier alpha value is -2.10. The summed E-state index contributed by atoms with van der Waals surface area (Å²) in [6.45, 7) is 4.95. The lowest BCUT2D eigenvalue weighted by Gasteiger charge is -2.09. The summed E-state index contributed by atoms with van der Waals surface area (Å²) in [5, 5.41) is 6.44. The summed E-state index contributed by atoms with van der Waals surface area (Å²) in [5.74, 6) is 1.63. The first-order valence-corrected chi connectivity index (χ1v) is 5.68. The molecule has 2 N–H and O–H groups in total. The number of nitrogens with zero attached hydrogens (tertiary/aromatic N) is 2. The molecule has 1 aromatic carbocycles. The van der Waals surface area contributed by atoms with Crippen LogP contribution in [0.1, 0.15) is 12.5 Å². The minimum atomic E-state index is 0.797. The van der Waals surface area contributed by atoms with Crippen LogP contribution in [-0.2, 0) is 0 Å². The van der Waals surface area contributed by atoms with Gasteiger partial charge in [0, 0.05) is 18.3 Å². The summed E-state index contributed by atoms with van der Waals surface area (Å²) >= 11 is 0. The summed E-state index contributed by atoms with van der Waals surface area (Å²) in [7, 11) is 0. The first kappa shape index (κ1) is 11.4. The highest BCUT2D eigenvalue weighted by atomic mass is 15.1. The van der Waals surface area contributed by atoms with Crippen molar-refractivity contribution in [2.75, 3.05) is 17.2 Å². The van der Waals surface area contributed by atoms with Gasteiger partial charge >= 0.3 is 0 Å². The average molecular weight is 228 g/mol. The number of rotatable bonds is 4. The van der Waals surface area contributed by atoms with Crippen LogP contribution in [-0.4, -0.2) is 16.5 Å². The van der Waals surface area contributed by atoms with Crippen molar-refractivity contribution in [1.29, 1.82) is 0 Å². The van der Waals surface area contributed by atoms with Gasteiger partial charge in [-0.1, -0.05) is 18.2 Å². The minimum absolute atomic E-state index is 0.797. The molecule has 4 heteroatoms. The SMILES string of the molecule is CCNc1cc(Nc2ccccc2C)ncn1. The van der Waals surface area contributed by atoms with Crippen LogP contribution >= 0.6 is 0 Å². The predicted octanol–water partition coefficient (Wildman–Crippen LogP) is 2.96. The van der Waals surface area contributed by atoms with Crippen molar-refractivity contribution in [2.24, 2.45) is 0 Å². The van der Waals surface area contributed by atoms with Crippen molar-refractivity contribution in [1.82, 2.24) is 9.97 Å². The van der Waals surface area contributed by atoms with Gasteiger partial charge in [-0.05, 0) is 25.5 Å². The maximum atomic E-state index is 4.20. The summed E-state index contributed by atoms with van der Waals surface area (Å²) in [5.41, 5.74) is 2.25. The van der Waals surface area contributed by atoms with Crippen LogP contribution in [0.2, 0.25) is 0 Å². The van der Waals surface area contributed by atoms with Gasteiger partial charge in [0.05, 0.1) is 0 Å². The number of hydrogen-bond donors (Lipinski definition) is 2. The zero-order valence-corrected chi connectivity index (χ0v) is 10.1. The molecule has 0 radical (unpaired) electrons. The molecule has 1 aromatic heterocycles. The van der Waals surface area contributed by atoms with Crippen LogP contribution in [0.4, 0.5) is 17.3 Å². The van der Waals surface area contributed by atoms with Gasteiger partial charge in [0.25, 0.3) is 0 Å². The van der Waals surface area contributed by atoms with Crippen molar-refractivity contribution >= 4 is 17.3 Å². The predicted molar refractivity (Wildman–Crippen MR) is 70.7 cm³/mol. The Morgan fingerprint density at radius 3 is 2.65 bits per heavy atom. The Balaban J connectivity index is 2.18. The second-order valence-corrected chi connectivity index (χ2v) is 3.76. The minimum Gasteiger partial charge on any atom is -0.370 e. The standard InChI is InChI=1S/C13H16N4/c1-3-14-12-8-13(16-9-15-12)17-11-7-5-4-6-10(11)2/h4-9H,3H2,1-2H3,(H2,14,15,16,17). The number of nitrogens with one attached hydrogen (secondary N) is 2. The van der Waals surface area contributed by atoms with Gasteiger partial charge < -0.3 is 10.6 Å². The summed E-state index contributed by atoms with van der Waals surface area (Å²) in [6.07, 6.45) is 1.55. The van der Waals surface area contributed by atoms with Gasteiger partial charge in [0.15, 0.2) is 0 Å². The molecule has 0 atom stereocenters. The van der Waals surface area contributed by atoms with Crippen LogP contribution in [0, 0.1) is 6.92 Å². The van der Waals surface area contributed by atoms with E-state index in [2.05, 4.69) is 33.6 Å². The molecule has 2 aromatic rings. The number of hydrogen-bond acceptors (Lipinski definition) is 4. The Bertz CT molecular complexity index is 496. The van der Waals surface area contributed by atoms with E-state index in [9.17, 15) is 0 Å². The molecule has 0 unspecified atom stereocenters. The summed E-state index contributed by atoms with van der Waals surface area (Å²) < 4.78 is 0. The fourth-order valence-electron chi connectivity index (χ4n) is 1.55. The maximum Gasteiger partial charge on any atom is 0.135 e. The molecule has 88 valence electrons. The fraction of sp³-hybridized carbons (Fsp3) is 0.231. The molecule has 4 nitrogen and oxygen atoms in total. The van der Waals surface area contributed by atoms with E-state index in [0.29, 0.717) is 0 Å². The van der Waals surface area contributed by atoms with E-state index in [0.717, 1.165) is 23.9 Å². The van der Waals surface area contributed by atoms with Gasteiger partial charge in [-0.25, -0.2) is 9.97 Å². The van der Waals surface area contributed by atoms with E-state index >= 15 is 0 Å². The summed E-state index contributed by atoms with van der Waals surface area (Å²) in [6, 6.07) is 10.0. The van der Waals surface area contributed by atoms with E-state index in [1.165, 1.54) is 5.56 Å². The topological polar surface area (TPSA) is 49.8 Å². The molecule has 0 aliphatic heterocycles. The quantitative estimate of drug-likeness (QED) is 0.844. The van der Waals surface area contributed by atoms with E-state index in [4.69, 9.17) is 0 Å². The number of anilines is 3. The average Bonchev–Trinajstić information content (AvgIpc) is 2.33. The molecular weight excluding hydrogens is 212 g/mol. The number of aryl methyl sites for hydroxylation is 1. The molecular formula is C13H16N4. The Morgan fingerprint density at radius 2 is 1.88 bits per heavy atom. The Morgan fingerprint density at radius 1 is 1.12 bits per heavy atom. The molecule has 0 saturated heterocycles. The zero-order valence-electron chi connectivity index (χ0n) is 10.1. The van der Waals surface area contributed by atoms with Crippen molar-refractivity contribution < 1.29 is 0 Å². The van der Waals surface area contributed by atoms with Crippen LogP contribution in [0.3, 0.4) is 0 Å². The van der Waals surface area contributed by atoms with Crippen molar-refractivity contribution in [2.45, 2.75) is 13.8 Å². The van der Waals surface area contributed by atoms with E-state index < -0.39 is 0 Å². The molecule has 0 fully saturated rings. The van der Waals surface area contributed by atoms with E-state index in [-0.39, 0.29) is 0 Å². The molecule has 1 heterocycles. The molecule has 0 saturated carbocycles. The number of aromatic nitrogens is 2. The zero-order chi connectivity index (χ0) is 12.1. The third kappa shape index (κ3) is 2.93. The van der Waals surface area contributed by atoms with Crippen LogP contribution < -0.4 is 10.6 Å². The normalized spacial score (nSPS) is 10.0. The number of para-hydroxylation sites is 1. The molecule has 0 amide bonds. The lowest BCUT2D eigenvalue weighted by molar-refractivity contribution is 1.11. The Kier molecular flexibility index (Phi) is 3.55. The van der Waals surface area contributed by atoms with Gasteiger partial charge in [0.2, 0.25) is 0 Å². The first-order chi connectivity index (χ1) is 8.29. The molecule has 0 spiro atoms. The highest BCUT2D eigenvalue weighted by Gasteiger charge is 2.00. The smallest absolute Gasteiger partial charge is 0.135 e. The lowest BCUT2D eigenvalue weighted by atomic mass is 10.2. The second-order valence-electron chi connectivity index (χ2n) is 3.76. The van der Waals surface area contributed by atoms with Crippen molar-refractivity contribution in [3.63, 3.8) is 0 Å². The molecule has 17 heavy (non-hydrogen) atoms. The molecule has 0 aliphatic rings. The van der Waals surface area contributed by atoms with Gasteiger partial charge in [-0.15, -0.1) is 0 Å². The van der Waals surface area contributed by atoms with Crippen LogP contribution in [0.25, 0.3) is 0 Å².